The molecule has 0 fully saturated rings. The first-order valence-electron chi connectivity index (χ1n) is 5.72. The van der Waals surface area contributed by atoms with Gasteiger partial charge in [-0.05, 0) is 43.0 Å². The molecule has 2 rings (SSSR count). The average Bonchev–Trinajstić information content (AvgIpc) is 2.27. The highest BCUT2D eigenvalue weighted by Gasteiger charge is 2.19. The second-order valence-electron chi connectivity index (χ2n) is 4.39. The summed E-state index contributed by atoms with van der Waals surface area (Å²) < 4.78 is 13.1. The van der Waals surface area contributed by atoms with Crippen molar-refractivity contribution >= 4 is 0 Å². The molecule has 1 nitrogen and oxygen atoms in total. The second kappa shape index (κ2) is 4.31. The van der Waals surface area contributed by atoms with E-state index in [9.17, 15) is 4.39 Å². The monoisotopic (exact) mass is 207 g/mol. The lowest BCUT2D eigenvalue weighted by atomic mass is 9.98. The maximum Gasteiger partial charge on any atom is 0.123 e. The van der Waals surface area contributed by atoms with E-state index >= 15 is 0 Å². The van der Waals surface area contributed by atoms with Crippen LogP contribution in [0.2, 0.25) is 0 Å². The van der Waals surface area contributed by atoms with Gasteiger partial charge >= 0.3 is 0 Å². The van der Waals surface area contributed by atoms with E-state index in [1.54, 1.807) is 12.1 Å². The normalized spacial score (nSPS) is 18.6. The third-order valence-electron chi connectivity index (χ3n) is 3.42. The van der Waals surface area contributed by atoms with E-state index < -0.39 is 0 Å². The largest absolute Gasteiger partial charge is 0.296 e. The summed E-state index contributed by atoms with van der Waals surface area (Å²) in [5.41, 5.74) is 2.48. The average molecular weight is 207 g/mol. The number of halogens is 1. The topological polar surface area (TPSA) is 3.24 Å². The van der Waals surface area contributed by atoms with Crippen LogP contribution in [-0.2, 0) is 13.0 Å². The van der Waals surface area contributed by atoms with Crippen LogP contribution < -0.4 is 0 Å². The molecule has 2 heteroatoms. The minimum Gasteiger partial charge on any atom is -0.296 e. The zero-order valence-corrected chi connectivity index (χ0v) is 9.46. The van der Waals surface area contributed by atoms with E-state index in [1.807, 2.05) is 6.07 Å². The lowest BCUT2D eigenvalue weighted by Crippen LogP contribution is -2.37. The van der Waals surface area contributed by atoms with Gasteiger partial charge in [0.15, 0.2) is 0 Å². The van der Waals surface area contributed by atoms with E-state index in [0.29, 0.717) is 6.04 Å². The first-order valence-corrected chi connectivity index (χ1v) is 5.72. The van der Waals surface area contributed by atoms with Gasteiger partial charge < -0.3 is 0 Å². The molecule has 1 unspecified atom stereocenters. The van der Waals surface area contributed by atoms with Gasteiger partial charge in [0.25, 0.3) is 0 Å². The third-order valence-corrected chi connectivity index (χ3v) is 3.42. The van der Waals surface area contributed by atoms with Gasteiger partial charge in [-0.15, -0.1) is 0 Å². The Morgan fingerprint density at radius 1 is 1.40 bits per heavy atom. The fourth-order valence-corrected chi connectivity index (χ4v) is 2.18. The van der Waals surface area contributed by atoms with E-state index in [4.69, 9.17) is 0 Å². The minimum absolute atomic E-state index is 0.111. The number of fused-ring (bicyclic) bond motifs is 1. The molecule has 0 aliphatic carbocycles. The van der Waals surface area contributed by atoms with Gasteiger partial charge in [0.05, 0.1) is 0 Å². The van der Waals surface area contributed by atoms with Crippen LogP contribution in [0, 0.1) is 5.82 Å². The van der Waals surface area contributed by atoms with Crippen molar-refractivity contribution in [2.24, 2.45) is 0 Å². The maximum atomic E-state index is 13.1. The summed E-state index contributed by atoms with van der Waals surface area (Å²) in [5, 5.41) is 0. The first-order chi connectivity index (χ1) is 7.20. The molecule has 1 aliphatic heterocycles. The van der Waals surface area contributed by atoms with Crippen molar-refractivity contribution < 1.29 is 4.39 Å². The molecule has 82 valence electrons. The van der Waals surface area contributed by atoms with Crippen LogP contribution in [-0.4, -0.2) is 17.5 Å². The van der Waals surface area contributed by atoms with Crippen LogP contribution in [0.4, 0.5) is 4.39 Å². The minimum atomic E-state index is -0.111. The molecule has 15 heavy (non-hydrogen) atoms. The van der Waals surface area contributed by atoms with Crippen LogP contribution in [0.3, 0.4) is 0 Å². The Labute approximate surface area is 90.9 Å². The zero-order chi connectivity index (χ0) is 10.8. The lowest BCUT2D eigenvalue weighted by molar-refractivity contribution is 0.186. The van der Waals surface area contributed by atoms with Crippen molar-refractivity contribution in [2.75, 3.05) is 6.54 Å². The number of benzene rings is 1. The fraction of sp³-hybridized carbons (Fsp3) is 0.538. The summed E-state index contributed by atoms with van der Waals surface area (Å²) in [6.45, 7) is 6.45. The number of rotatable bonds is 2. The van der Waals surface area contributed by atoms with E-state index in [1.165, 1.54) is 11.1 Å². The van der Waals surface area contributed by atoms with Crippen LogP contribution >= 0.6 is 0 Å². The molecule has 1 aliphatic rings. The fourth-order valence-electron chi connectivity index (χ4n) is 2.18. The Bertz CT molecular complexity index is 348. The van der Waals surface area contributed by atoms with E-state index in [0.717, 1.165) is 25.9 Å². The molecule has 1 aromatic carbocycles. The Hall–Kier alpha value is -0.890. The number of nitrogens with zero attached hydrogens (tertiary/aromatic N) is 1. The van der Waals surface area contributed by atoms with Gasteiger partial charge in [0.1, 0.15) is 5.82 Å². The van der Waals surface area contributed by atoms with Gasteiger partial charge in [-0.25, -0.2) is 4.39 Å². The molecule has 0 spiro atoms. The molecule has 1 aromatic rings. The maximum absolute atomic E-state index is 13.1. The zero-order valence-electron chi connectivity index (χ0n) is 9.46. The van der Waals surface area contributed by atoms with Crippen molar-refractivity contribution in [3.05, 3.63) is 35.1 Å². The van der Waals surface area contributed by atoms with Gasteiger partial charge in [-0.1, -0.05) is 13.0 Å². The summed E-state index contributed by atoms with van der Waals surface area (Å²) in [5.74, 6) is -0.111. The summed E-state index contributed by atoms with van der Waals surface area (Å²) in [4.78, 5) is 2.43. The second-order valence-corrected chi connectivity index (χ2v) is 4.39. The van der Waals surface area contributed by atoms with Crippen molar-refractivity contribution in [2.45, 2.75) is 39.3 Å². The molecule has 0 amide bonds. The summed E-state index contributed by atoms with van der Waals surface area (Å²) >= 11 is 0. The SMILES string of the molecule is CCC(C)N1CCc2ccc(F)cc2C1. The van der Waals surface area contributed by atoms with Gasteiger partial charge in [0.2, 0.25) is 0 Å². The molecule has 0 aromatic heterocycles. The molecule has 0 saturated heterocycles. The van der Waals surface area contributed by atoms with Crippen LogP contribution in [0.15, 0.2) is 18.2 Å². The predicted molar refractivity (Wildman–Crippen MR) is 60.3 cm³/mol. The molecule has 0 radical (unpaired) electrons. The standard InChI is InChI=1S/C13H18FN/c1-3-10(2)15-7-6-11-4-5-13(14)8-12(11)9-15/h4-5,8,10H,3,6-7,9H2,1-2H3. The quantitative estimate of drug-likeness (QED) is 0.720. The Balaban J connectivity index is 2.18. The summed E-state index contributed by atoms with van der Waals surface area (Å²) in [6, 6.07) is 5.78. The third kappa shape index (κ3) is 2.20. The molecule has 0 saturated carbocycles. The highest BCUT2D eigenvalue weighted by Crippen LogP contribution is 2.22. The highest BCUT2D eigenvalue weighted by molar-refractivity contribution is 5.30. The number of hydrogen-bond donors (Lipinski definition) is 0. The van der Waals surface area contributed by atoms with Crippen LogP contribution in [0.5, 0.6) is 0 Å². The van der Waals surface area contributed by atoms with E-state index in [2.05, 4.69) is 18.7 Å². The van der Waals surface area contributed by atoms with Gasteiger partial charge in [-0.3, -0.25) is 4.90 Å². The van der Waals surface area contributed by atoms with Gasteiger partial charge in [0, 0.05) is 19.1 Å². The summed E-state index contributed by atoms with van der Waals surface area (Å²) in [6.07, 6.45) is 2.21. The Kier molecular flexibility index (Phi) is 3.06. The van der Waals surface area contributed by atoms with Crippen molar-refractivity contribution in [3.8, 4) is 0 Å². The molecular weight excluding hydrogens is 189 g/mol. The molecule has 1 heterocycles. The van der Waals surface area contributed by atoms with Crippen molar-refractivity contribution in [1.82, 2.24) is 4.90 Å². The smallest absolute Gasteiger partial charge is 0.123 e. The Morgan fingerprint density at radius 3 is 2.93 bits per heavy atom. The van der Waals surface area contributed by atoms with Crippen molar-refractivity contribution in [1.29, 1.82) is 0 Å². The summed E-state index contributed by atoms with van der Waals surface area (Å²) in [7, 11) is 0. The van der Waals surface area contributed by atoms with Crippen molar-refractivity contribution in [3.63, 3.8) is 0 Å². The molecule has 1 atom stereocenters. The Morgan fingerprint density at radius 2 is 2.20 bits per heavy atom. The van der Waals surface area contributed by atoms with Crippen LogP contribution in [0.25, 0.3) is 0 Å². The highest BCUT2D eigenvalue weighted by atomic mass is 19.1. The molecular formula is C13H18FN. The lowest BCUT2D eigenvalue weighted by Gasteiger charge is -2.33. The van der Waals surface area contributed by atoms with Crippen LogP contribution in [0.1, 0.15) is 31.4 Å². The number of hydrogen-bond acceptors (Lipinski definition) is 1. The molecule has 0 bridgehead atoms. The predicted octanol–water partition coefficient (Wildman–Crippen LogP) is 2.98. The van der Waals surface area contributed by atoms with Gasteiger partial charge in [-0.2, -0.15) is 0 Å². The molecule has 0 N–H and O–H groups in total. The first kappa shape index (κ1) is 10.6. The van der Waals surface area contributed by atoms with E-state index in [-0.39, 0.29) is 5.82 Å².